The van der Waals surface area contributed by atoms with Crippen LogP contribution in [0.15, 0.2) is 24.3 Å². The van der Waals surface area contributed by atoms with E-state index in [1.54, 1.807) is 13.0 Å². The minimum absolute atomic E-state index is 0.0342. The van der Waals surface area contributed by atoms with Crippen LogP contribution in [0, 0.1) is 5.92 Å². The van der Waals surface area contributed by atoms with Crippen molar-refractivity contribution in [3.63, 3.8) is 0 Å². The number of para-hydroxylation sites is 2. The normalized spacial score (nSPS) is 23.3. The Bertz CT molecular complexity index is 584. The number of hydrogen-bond donors (Lipinski definition) is 2. The number of anilines is 1. The highest BCUT2D eigenvalue weighted by atomic mass is 16.5. The van der Waals surface area contributed by atoms with Crippen molar-refractivity contribution in [3.05, 3.63) is 24.3 Å². The van der Waals surface area contributed by atoms with Gasteiger partial charge in [-0.15, -0.1) is 0 Å². The van der Waals surface area contributed by atoms with Gasteiger partial charge in [0.15, 0.2) is 6.10 Å². The van der Waals surface area contributed by atoms with Gasteiger partial charge in [0, 0.05) is 6.54 Å². The Labute approximate surface area is 136 Å². The zero-order valence-corrected chi connectivity index (χ0v) is 13.4. The van der Waals surface area contributed by atoms with Gasteiger partial charge in [-0.25, -0.2) is 0 Å². The van der Waals surface area contributed by atoms with E-state index in [0.717, 1.165) is 19.5 Å². The number of amides is 2. The first-order valence-electron chi connectivity index (χ1n) is 8.19. The van der Waals surface area contributed by atoms with Crippen LogP contribution in [0.4, 0.5) is 5.69 Å². The van der Waals surface area contributed by atoms with Crippen LogP contribution in [0.5, 0.6) is 5.75 Å². The molecule has 6 nitrogen and oxygen atoms in total. The molecule has 1 aromatic carbocycles. The summed E-state index contributed by atoms with van der Waals surface area (Å²) < 4.78 is 5.57. The molecular formula is C17H23N3O3. The number of rotatable bonds is 5. The lowest BCUT2D eigenvalue weighted by Crippen LogP contribution is -2.48. The average molecular weight is 317 g/mol. The lowest BCUT2D eigenvalue weighted by atomic mass is 10.1. The molecule has 6 heteroatoms. The fraction of sp³-hybridized carbons (Fsp3) is 0.529. The van der Waals surface area contributed by atoms with E-state index in [9.17, 15) is 9.59 Å². The van der Waals surface area contributed by atoms with Crippen LogP contribution in [0.25, 0.3) is 0 Å². The van der Waals surface area contributed by atoms with Crippen LogP contribution in [0.2, 0.25) is 0 Å². The lowest BCUT2D eigenvalue weighted by molar-refractivity contribution is -0.128. The van der Waals surface area contributed by atoms with Gasteiger partial charge in [0.25, 0.3) is 5.91 Å². The van der Waals surface area contributed by atoms with E-state index >= 15 is 0 Å². The number of nitrogens with one attached hydrogen (secondary N) is 2. The Morgan fingerprint density at radius 2 is 2.26 bits per heavy atom. The largest absolute Gasteiger partial charge is 0.479 e. The number of ether oxygens (including phenoxy) is 1. The van der Waals surface area contributed by atoms with Gasteiger partial charge in [-0.1, -0.05) is 12.1 Å². The topological polar surface area (TPSA) is 70.7 Å². The predicted molar refractivity (Wildman–Crippen MR) is 87.5 cm³/mol. The number of carbonyl (C=O) groups is 2. The summed E-state index contributed by atoms with van der Waals surface area (Å²) in [5.41, 5.74) is 0.658. The Kier molecular flexibility index (Phi) is 4.81. The summed E-state index contributed by atoms with van der Waals surface area (Å²) in [6.07, 6.45) is 1.58. The van der Waals surface area contributed by atoms with E-state index in [1.165, 1.54) is 11.3 Å². The molecule has 124 valence electrons. The van der Waals surface area contributed by atoms with Crippen LogP contribution >= 0.6 is 0 Å². The fourth-order valence-corrected chi connectivity index (χ4v) is 3.10. The van der Waals surface area contributed by atoms with Gasteiger partial charge in [0.05, 0.1) is 5.69 Å². The quantitative estimate of drug-likeness (QED) is 0.847. The van der Waals surface area contributed by atoms with Crippen LogP contribution in [-0.4, -0.2) is 44.1 Å². The molecule has 23 heavy (non-hydrogen) atoms. The van der Waals surface area contributed by atoms with E-state index in [-0.39, 0.29) is 18.4 Å². The number of nitrogens with zero attached hydrogens (tertiary/aromatic N) is 1. The van der Waals surface area contributed by atoms with Crippen molar-refractivity contribution in [1.82, 2.24) is 10.6 Å². The SMILES string of the molecule is CC1Oc2ccccc2N(CC(=O)NCCC2CCNC2)C1=O. The molecule has 0 aliphatic carbocycles. The monoisotopic (exact) mass is 317 g/mol. The molecule has 2 atom stereocenters. The Morgan fingerprint density at radius 1 is 1.43 bits per heavy atom. The van der Waals surface area contributed by atoms with Gasteiger partial charge >= 0.3 is 0 Å². The van der Waals surface area contributed by atoms with Gasteiger partial charge in [-0.3, -0.25) is 14.5 Å². The van der Waals surface area contributed by atoms with Crippen LogP contribution in [0.1, 0.15) is 19.8 Å². The molecule has 0 spiro atoms. The van der Waals surface area contributed by atoms with Crippen LogP contribution in [0.3, 0.4) is 0 Å². The highest BCUT2D eigenvalue weighted by Gasteiger charge is 2.32. The molecule has 1 saturated heterocycles. The minimum atomic E-state index is -0.567. The zero-order chi connectivity index (χ0) is 16.2. The zero-order valence-electron chi connectivity index (χ0n) is 13.4. The Balaban J connectivity index is 1.57. The summed E-state index contributed by atoms with van der Waals surface area (Å²) in [5, 5.41) is 6.24. The average Bonchev–Trinajstić information content (AvgIpc) is 3.05. The third-order valence-corrected chi connectivity index (χ3v) is 4.41. The van der Waals surface area contributed by atoms with Crippen LogP contribution in [-0.2, 0) is 9.59 Å². The van der Waals surface area contributed by atoms with Crippen molar-refractivity contribution in [2.45, 2.75) is 25.9 Å². The maximum atomic E-state index is 12.3. The van der Waals surface area contributed by atoms with Crippen molar-refractivity contribution < 1.29 is 14.3 Å². The van der Waals surface area contributed by atoms with E-state index in [4.69, 9.17) is 4.74 Å². The van der Waals surface area contributed by atoms with Crippen molar-refractivity contribution in [2.75, 3.05) is 31.1 Å². The summed E-state index contributed by atoms with van der Waals surface area (Å²) in [5.74, 6) is 0.970. The van der Waals surface area contributed by atoms with E-state index in [1.807, 2.05) is 18.2 Å². The third-order valence-electron chi connectivity index (χ3n) is 4.41. The van der Waals surface area contributed by atoms with Crippen molar-refractivity contribution >= 4 is 17.5 Å². The third kappa shape index (κ3) is 3.64. The Morgan fingerprint density at radius 3 is 3.04 bits per heavy atom. The maximum Gasteiger partial charge on any atom is 0.268 e. The maximum absolute atomic E-state index is 12.3. The molecule has 2 aliphatic rings. The summed E-state index contributed by atoms with van der Waals surface area (Å²) in [7, 11) is 0. The van der Waals surface area contributed by atoms with Gasteiger partial charge in [-0.2, -0.15) is 0 Å². The highest BCUT2D eigenvalue weighted by molar-refractivity contribution is 6.03. The molecule has 2 N–H and O–H groups in total. The number of benzene rings is 1. The van der Waals surface area contributed by atoms with Crippen molar-refractivity contribution in [2.24, 2.45) is 5.92 Å². The molecule has 0 bridgehead atoms. The summed E-state index contributed by atoms with van der Waals surface area (Å²) in [6.45, 7) is 4.49. The molecule has 1 fully saturated rings. The minimum Gasteiger partial charge on any atom is -0.479 e. The van der Waals surface area contributed by atoms with Gasteiger partial charge in [0.2, 0.25) is 5.91 Å². The number of hydrogen-bond acceptors (Lipinski definition) is 4. The molecule has 3 rings (SSSR count). The van der Waals surface area contributed by atoms with E-state index < -0.39 is 6.10 Å². The lowest BCUT2D eigenvalue weighted by Gasteiger charge is -2.32. The Hall–Kier alpha value is -2.08. The summed E-state index contributed by atoms with van der Waals surface area (Å²) in [4.78, 5) is 26.0. The molecular weight excluding hydrogens is 294 g/mol. The predicted octanol–water partition coefficient (Wildman–Crippen LogP) is 0.916. The van der Waals surface area contributed by atoms with Gasteiger partial charge in [-0.05, 0) is 50.9 Å². The van der Waals surface area contributed by atoms with Crippen LogP contribution < -0.4 is 20.3 Å². The summed E-state index contributed by atoms with van der Waals surface area (Å²) >= 11 is 0. The first-order valence-corrected chi connectivity index (χ1v) is 8.19. The standard InChI is InChI=1S/C17H23N3O3/c1-12-17(22)20(14-4-2-3-5-15(14)23-12)11-16(21)19-9-7-13-6-8-18-10-13/h2-5,12-13,18H,6-11H2,1H3,(H,19,21). The van der Waals surface area contributed by atoms with E-state index in [0.29, 0.717) is 23.9 Å². The second kappa shape index (κ2) is 7.00. The van der Waals surface area contributed by atoms with E-state index in [2.05, 4.69) is 10.6 Å². The molecule has 0 radical (unpaired) electrons. The molecule has 2 heterocycles. The number of fused-ring (bicyclic) bond motifs is 1. The van der Waals surface area contributed by atoms with Gasteiger partial charge < -0.3 is 15.4 Å². The smallest absolute Gasteiger partial charge is 0.268 e. The molecule has 2 amide bonds. The molecule has 0 aromatic heterocycles. The first-order chi connectivity index (χ1) is 11.1. The summed E-state index contributed by atoms with van der Waals surface area (Å²) in [6, 6.07) is 7.31. The van der Waals surface area contributed by atoms with Gasteiger partial charge in [0.1, 0.15) is 12.3 Å². The second-order valence-corrected chi connectivity index (χ2v) is 6.15. The molecule has 1 aromatic rings. The highest BCUT2D eigenvalue weighted by Crippen LogP contribution is 2.33. The first kappa shape index (κ1) is 15.8. The number of carbonyl (C=O) groups excluding carboxylic acids is 2. The fourth-order valence-electron chi connectivity index (χ4n) is 3.10. The molecule has 0 saturated carbocycles. The van der Waals surface area contributed by atoms with Crippen molar-refractivity contribution in [3.8, 4) is 5.75 Å². The second-order valence-electron chi connectivity index (χ2n) is 6.15. The van der Waals surface area contributed by atoms with Crippen molar-refractivity contribution in [1.29, 1.82) is 0 Å². The molecule has 2 unspecified atom stereocenters. The molecule has 2 aliphatic heterocycles.